The summed E-state index contributed by atoms with van der Waals surface area (Å²) >= 11 is 8.74. The third-order valence-corrected chi connectivity index (χ3v) is 1.36. The zero-order chi connectivity index (χ0) is 5.98. The highest BCUT2D eigenvalue weighted by molar-refractivity contribution is 9.10. The molecule has 0 saturated carbocycles. The summed E-state index contributed by atoms with van der Waals surface area (Å²) in [7, 11) is 0. The summed E-state index contributed by atoms with van der Waals surface area (Å²) in [5.41, 5.74) is 0. The minimum Gasteiger partial charge on any atom is -0.249 e. The predicted molar refractivity (Wildman–Crippen MR) is 45.5 cm³/mol. The van der Waals surface area contributed by atoms with Gasteiger partial charge in [0.05, 0.1) is 0 Å². The Balaban J connectivity index is 0.000000640. The fourth-order valence-electron chi connectivity index (χ4n) is 0.379. The van der Waals surface area contributed by atoms with Crippen LogP contribution in [0.15, 0.2) is 22.9 Å². The molecule has 0 amide bonds. The van der Waals surface area contributed by atoms with E-state index in [2.05, 4.69) is 20.9 Å². The van der Waals surface area contributed by atoms with E-state index < -0.39 is 0 Å². The van der Waals surface area contributed by atoms with E-state index in [9.17, 15) is 0 Å². The zero-order valence-electron chi connectivity index (χ0n) is 3.94. The van der Waals surface area contributed by atoms with Gasteiger partial charge in [0, 0.05) is 11.2 Å². The second-order valence-corrected chi connectivity index (χ2v) is 2.55. The molecule has 0 spiro atoms. The molecule has 0 aromatic carbocycles. The highest BCUT2D eigenvalue weighted by Gasteiger charge is 1.85. The van der Waals surface area contributed by atoms with Gasteiger partial charge >= 0.3 is 23.1 Å². The van der Waals surface area contributed by atoms with E-state index in [1.165, 1.54) is 0 Å². The van der Waals surface area contributed by atoms with Crippen LogP contribution in [0, 0.1) is 0 Å². The van der Waals surface area contributed by atoms with Gasteiger partial charge in [0.25, 0.3) is 0 Å². The van der Waals surface area contributed by atoms with Crippen LogP contribution >= 0.6 is 27.5 Å². The SMILES string of the molecule is Clc1ccnc(Br)c1.[MgH2]. The van der Waals surface area contributed by atoms with Crippen LogP contribution < -0.4 is 0 Å². The molecule has 4 heteroatoms. The first kappa shape index (κ1) is 9.69. The van der Waals surface area contributed by atoms with Crippen molar-refractivity contribution in [3.8, 4) is 0 Å². The third kappa shape index (κ3) is 3.40. The normalized spacial score (nSPS) is 8.22. The Kier molecular flexibility index (Phi) is 4.84. The minimum atomic E-state index is 0. The molecule has 1 heterocycles. The quantitative estimate of drug-likeness (QED) is 0.476. The number of hydrogen-bond acceptors (Lipinski definition) is 1. The molecule has 0 aliphatic rings. The van der Waals surface area contributed by atoms with Gasteiger partial charge in [-0.3, -0.25) is 0 Å². The topological polar surface area (TPSA) is 12.9 Å². The number of rotatable bonds is 0. The third-order valence-electron chi connectivity index (χ3n) is 0.689. The second kappa shape index (κ2) is 4.49. The first-order valence-corrected chi connectivity index (χ1v) is 3.23. The molecule has 1 aromatic rings. The van der Waals surface area contributed by atoms with E-state index in [0.717, 1.165) is 4.60 Å². The lowest BCUT2D eigenvalue weighted by molar-refractivity contribution is 1.28. The van der Waals surface area contributed by atoms with Gasteiger partial charge in [0.1, 0.15) is 4.60 Å². The van der Waals surface area contributed by atoms with Crippen LogP contribution in [0.3, 0.4) is 0 Å². The summed E-state index contributed by atoms with van der Waals surface area (Å²) in [4.78, 5) is 3.87. The molecule has 0 aliphatic carbocycles. The molecule has 9 heavy (non-hydrogen) atoms. The van der Waals surface area contributed by atoms with Gasteiger partial charge in [-0.15, -0.1) is 0 Å². The molecule has 0 aliphatic heterocycles. The van der Waals surface area contributed by atoms with Gasteiger partial charge in [0.2, 0.25) is 0 Å². The van der Waals surface area contributed by atoms with Crippen molar-refractivity contribution in [1.82, 2.24) is 4.98 Å². The number of pyridine rings is 1. The summed E-state index contributed by atoms with van der Waals surface area (Å²) in [6.07, 6.45) is 1.65. The smallest absolute Gasteiger partial charge is 0.249 e. The molecule has 0 unspecified atom stereocenters. The van der Waals surface area contributed by atoms with Gasteiger partial charge < -0.3 is 0 Å². The Labute approximate surface area is 83.1 Å². The van der Waals surface area contributed by atoms with Gasteiger partial charge in [-0.25, -0.2) is 4.98 Å². The van der Waals surface area contributed by atoms with Crippen molar-refractivity contribution in [2.45, 2.75) is 0 Å². The summed E-state index contributed by atoms with van der Waals surface area (Å²) in [6, 6.07) is 3.47. The number of nitrogens with zero attached hydrogens (tertiary/aromatic N) is 1. The first-order valence-electron chi connectivity index (χ1n) is 2.06. The zero-order valence-corrected chi connectivity index (χ0v) is 6.28. The fourth-order valence-corrected chi connectivity index (χ4v) is 1.04. The molecular formula is C5H5BrClMgN. The Morgan fingerprint density at radius 1 is 1.56 bits per heavy atom. The lowest BCUT2D eigenvalue weighted by Gasteiger charge is -1.86. The average Bonchev–Trinajstić information content (AvgIpc) is 1.64. The Bertz CT molecular complexity index is 177. The monoisotopic (exact) mass is 217 g/mol. The fraction of sp³-hybridized carbons (Fsp3) is 0. The summed E-state index contributed by atoms with van der Waals surface area (Å²) in [5.74, 6) is 0. The van der Waals surface area contributed by atoms with Crippen molar-refractivity contribution in [3.05, 3.63) is 28.0 Å². The highest BCUT2D eigenvalue weighted by Crippen LogP contribution is 2.11. The predicted octanol–water partition coefficient (Wildman–Crippen LogP) is 1.58. The molecule has 0 saturated heterocycles. The van der Waals surface area contributed by atoms with Crippen molar-refractivity contribution in [1.29, 1.82) is 0 Å². The maximum absolute atomic E-state index is 5.57. The number of aromatic nitrogens is 1. The molecule has 0 radical (unpaired) electrons. The van der Waals surface area contributed by atoms with Crippen LogP contribution in [0.25, 0.3) is 0 Å². The molecule has 0 bridgehead atoms. The maximum Gasteiger partial charge on any atom is 0.316 e. The van der Waals surface area contributed by atoms with E-state index in [0.29, 0.717) is 5.02 Å². The number of hydrogen-bond donors (Lipinski definition) is 0. The molecule has 1 rings (SSSR count). The molecular weight excluding hydrogens is 214 g/mol. The van der Waals surface area contributed by atoms with Crippen LogP contribution in [0.4, 0.5) is 0 Å². The molecule has 1 nitrogen and oxygen atoms in total. The van der Waals surface area contributed by atoms with Crippen LogP contribution in [0.5, 0.6) is 0 Å². The summed E-state index contributed by atoms with van der Waals surface area (Å²) in [5, 5.41) is 0.701. The largest absolute Gasteiger partial charge is 0.316 e. The van der Waals surface area contributed by atoms with Gasteiger partial charge in [-0.2, -0.15) is 0 Å². The van der Waals surface area contributed by atoms with Gasteiger partial charge in [-0.05, 0) is 28.1 Å². The molecule has 1 aromatic heterocycles. The van der Waals surface area contributed by atoms with Crippen molar-refractivity contribution in [2.75, 3.05) is 0 Å². The van der Waals surface area contributed by atoms with Gasteiger partial charge in [0.15, 0.2) is 0 Å². The van der Waals surface area contributed by atoms with Crippen molar-refractivity contribution < 1.29 is 0 Å². The molecule has 0 N–H and O–H groups in total. The highest BCUT2D eigenvalue weighted by atomic mass is 79.9. The lowest BCUT2D eigenvalue weighted by Crippen LogP contribution is -1.69. The van der Waals surface area contributed by atoms with E-state index in [1.54, 1.807) is 18.3 Å². The Hall–Kier alpha value is 0.686. The van der Waals surface area contributed by atoms with Crippen LogP contribution in [0.2, 0.25) is 5.02 Å². The molecule has 0 fully saturated rings. The van der Waals surface area contributed by atoms with Crippen molar-refractivity contribution in [3.63, 3.8) is 0 Å². The van der Waals surface area contributed by atoms with E-state index in [4.69, 9.17) is 11.6 Å². The van der Waals surface area contributed by atoms with E-state index >= 15 is 0 Å². The van der Waals surface area contributed by atoms with Crippen molar-refractivity contribution in [2.24, 2.45) is 0 Å². The van der Waals surface area contributed by atoms with Crippen LogP contribution in [-0.2, 0) is 0 Å². The first-order chi connectivity index (χ1) is 3.79. The standard InChI is InChI=1S/C5H3BrClN.Mg.2H/c6-5-3-4(7)1-2-8-5;;;/h1-3H;;;. The summed E-state index contributed by atoms with van der Waals surface area (Å²) in [6.45, 7) is 0. The Morgan fingerprint density at radius 2 is 2.22 bits per heavy atom. The van der Waals surface area contributed by atoms with E-state index in [-0.39, 0.29) is 23.1 Å². The molecule has 0 atom stereocenters. The second-order valence-electron chi connectivity index (χ2n) is 1.30. The Morgan fingerprint density at radius 3 is 2.56 bits per heavy atom. The summed E-state index contributed by atoms with van der Waals surface area (Å²) < 4.78 is 0.769. The van der Waals surface area contributed by atoms with Gasteiger partial charge in [-0.1, -0.05) is 11.6 Å². The molecule has 46 valence electrons. The lowest BCUT2D eigenvalue weighted by atomic mass is 10.5. The van der Waals surface area contributed by atoms with E-state index in [1.807, 2.05) is 0 Å². The number of halogens is 2. The van der Waals surface area contributed by atoms with Crippen molar-refractivity contribution >= 4 is 50.6 Å². The minimum absolute atomic E-state index is 0. The van der Waals surface area contributed by atoms with Crippen LogP contribution in [0.1, 0.15) is 0 Å². The average molecular weight is 219 g/mol. The maximum atomic E-state index is 5.57. The van der Waals surface area contributed by atoms with Crippen LogP contribution in [-0.4, -0.2) is 28.0 Å².